The van der Waals surface area contributed by atoms with Crippen molar-refractivity contribution in [3.63, 3.8) is 0 Å². The quantitative estimate of drug-likeness (QED) is 0.714. The number of benzene rings is 1. The monoisotopic (exact) mass is 282 g/mol. The van der Waals surface area contributed by atoms with Crippen LogP contribution in [0.4, 0.5) is 11.4 Å². The zero-order valence-electron chi connectivity index (χ0n) is 10.1. The molecule has 1 atom stereocenters. The van der Waals surface area contributed by atoms with E-state index in [1.807, 2.05) is 11.0 Å². The number of rotatable bonds is 2. The summed E-state index contributed by atoms with van der Waals surface area (Å²) in [6.07, 6.45) is -0.493. The molecule has 19 heavy (non-hydrogen) atoms. The van der Waals surface area contributed by atoms with Crippen molar-refractivity contribution < 1.29 is 13.2 Å². The van der Waals surface area contributed by atoms with Gasteiger partial charge in [-0.2, -0.15) is 5.26 Å². The number of nitriles is 1. The highest BCUT2D eigenvalue weighted by Gasteiger charge is 2.21. The molecular formula is C11H14N4O3S. The Hall–Kier alpha value is -1.82. The standard InChI is InChI=1S/C11H14N4O3S/c12-6-9-7-15(3-4-18-9)8-1-2-11(10(13)5-8)19(14,16)17/h1-2,5,9H,3-4,7,13H2,(H2,14,16,17). The normalized spacial score (nSPS) is 20.0. The Labute approximate surface area is 111 Å². The van der Waals surface area contributed by atoms with Gasteiger partial charge in [-0.15, -0.1) is 0 Å². The molecule has 0 radical (unpaired) electrons. The van der Waals surface area contributed by atoms with Crippen molar-refractivity contribution in [3.05, 3.63) is 18.2 Å². The van der Waals surface area contributed by atoms with Crippen LogP contribution in [-0.4, -0.2) is 34.2 Å². The first-order valence-corrected chi connectivity index (χ1v) is 7.15. The van der Waals surface area contributed by atoms with Crippen LogP contribution in [-0.2, 0) is 14.8 Å². The Kier molecular flexibility index (Phi) is 3.61. The molecule has 102 valence electrons. The predicted octanol–water partition coefficient (Wildman–Crippen LogP) is -0.355. The maximum Gasteiger partial charge on any atom is 0.240 e. The number of hydrogen-bond donors (Lipinski definition) is 2. The van der Waals surface area contributed by atoms with E-state index in [1.54, 1.807) is 12.1 Å². The summed E-state index contributed by atoms with van der Waals surface area (Å²) in [6, 6.07) is 6.58. The number of nitrogens with two attached hydrogens (primary N) is 2. The molecular weight excluding hydrogens is 268 g/mol. The Balaban J connectivity index is 2.28. The highest BCUT2D eigenvalue weighted by atomic mass is 32.2. The number of hydrogen-bond acceptors (Lipinski definition) is 6. The lowest BCUT2D eigenvalue weighted by atomic mass is 10.2. The number of anilines is 2. The molecule has 0 aliphatic carbocycles. The molecule has 1 aliphatic rings. The summed E-state index contributed by atoms with van der Waals surface area (Å²) < 4.78 is 27.8. The van der Waals surface area contributed by atoms with E-state index in [1.165, 1.54) is 6.07 Å². The van der Waals surface area contributed by atoms with Crippen LogP contribution in [0.1, 0.15) is 0 Å². The van der Waals surface area contributed by atoms with E-state index in [-0.39, 0.29) is 10.6 Å². The molecule has 8 heteroatoms. The van der Waals surface area contributed by atoms with Crippen LogP contribution in [0.3, 0.4) is 0 Å². The number of primary sulfonamides is 1. The molecule has 0 saturated carbocycles. The molecule has 1 saturated heterocycles. The van der Waals surface area contributed by atoms with Gasteiger partial charge in [-0.1, -0.05) is 0 Å². The number of nitrogens with zero attached hydrogens (tertiary/aromatic N) is 2. The summed E-state index contributed by atoms with van der Waals surface area (Å²) in [5.74, 6) is 0. The summed E-state index contributed by atoms with van der Waals surface area (Å²) in [6.45, 7) is 1.48. The number of nitrogen functional groups attached to an aromatic ring is 1. The third kappa shape index (κ3) is 2.96. The van der Waals surface area contributed by atoms with Gasteiger partial charge in [0.2, 0.25) is 10.0 Å². The van der Waals surface area contributed by atoms with Gasteiger partial charge in [-0.3, -0.25) is 0 Å². The molecule has 0 bridgehead atoms. The van der Waals surface area contributed by atoms with Crippen molar-refractivity contribution in [1.29, 1.82) is 5.26 Å². The molecule has 0 aromatic heterocycles. The SMILES string of the molecule is N#CC1CN(c2ccc(S(N)(=O)=O)c(N)c2)CCO1. The Morgan fingerprint density at radius 2 is 2.21 bits per heavy atom. The molecule has 1 aromatic rings. The maximum atomic E-state index is 11.3. The van der Waals surface area contributed by atoms with Gasteiger partial charge in [-0.25, -0.2) is 13.6 Å². The first-order valence-electron chi connectivity index (χ1n) is 5.60. The van der Waals surface area contributed by atoms with Gasteiger partial charge < -0.3 is 15.4 Å². The van der Waals surface area contributed by atoms with E-state index >= 15 is 0 Å². The Morgan fingerprint density at radius 1 is 1.47 bits per heavy atom. The second-order valence-corrected chi connectivity index (χ2v) is 5.73. The van der Waals surface area contributed by atoms with Crippen LogP contribution in [0.5, 0.6) is 0 Å². The van der Waals surface area contributed by atoms with Crippen molar-refractivity contribution in [3.8, 4) is 6.07 Å². The minimum atomic E-state index is -3.82. The van der Waals surface area contributed by atoms with Crippen LogP contribution in [0.15, 0.2) is 23.1 Å². The fourth-order valence-corrected chi connectivity index (χ4v) is 2.60. The topological polar surface area (TPSA) is 122 Å². The van der Waals surface area contributed by atoms with E-state index in [2.05, 4.69) is 0 Å². The third-order valence-electron chi connectivity index (χ3n) is 2.88. The summed E-state index contributed by atoms with van der Waals surface area (Å²) in [7, 11) is -3.82. The summed E-state index contributed by atoms with van der Waals surface area (Å²) >= 11 is 0. The van der Waals surface area contributed by atoms with Crippen LogP contribution < -0.4 is 15.8 Å². The lowest BCUT2D eigenvalue weighted by Crippen LogP contribution is -2.41. The van der Waals surface area contributed by atoms with Crippen molar-refractivity contribution in [1.82, 2.24) is 0 Å². The zero-order valence-corrected chi connectivity index (χ0v) is 10.9. The highest BCUT2D eigenvalue weighted by Crippen LogP contribution is 2.25. The van der Waals surface area contributed by atoms with Crippen LogP contribution in [0.2, 0.25) is 0 Å². The summed E-state index contributed by atoms with van der Waals surface area (Å²) in [5.41, 5.74) is 6.54. The number of ether oxygens (including phenoxy) is 1. The Bertz CT molecular complexity index is 623. The Morgan fingerprint density at radius 3 is 2.79 bits per heavy atom. The summed E-state index contributed by atoms with van der Waals surface area (Å²) in [4.78, 5) is 1.82. The lowest BCUT2D eigenvalue weighted by molar-refractivity contribution is 0.0764. The minimum absolute atomic E-state index is 0.0960. The van der Waals surface area contributed by atoms with Gasteiger partial charge >= 0.3 is 0 Å². The fourth-order valence-electron chi connectivity index (χ4n) is 1.95. The molecule has 4 N–H and O–H groups in total. The number of sulfonamides is 1. The van der Waals surface area contributed by atoms with Gasteiger partial charge in [-0.05, 0) is 18.2 Å². The van der Waals surface area contributed by atoms with Gasteiger partial charge in [0.05, 0.1) is 24.9 Å². The summed E-state index contributed by atoms with van der Waals surface area (Å²) in [5, 5.41) is 13.9. The van der Waals surface area contributed by atoms with Gasteiger partial charge in [0.1, 0.15) is 4.90 Å². The molecule has 0 spiro atoms. The van der Waals surface area contributed by atoms with E-state index < -0.39 is 16.1 Å². The van der Waals surface area contributed by atoms with Gasteiger partial charge in [0, 0.05) is 12.2 Å². The minimum Gasteiger partial charge on any atom is -0.398 e. The fraction of sp³-hybridized carbons (Fsp3) is 0.364. The maximum absolute atomic E-state index is 11.3. The van der Waals surface area contributed by atoms with Crippen molar-refractivity contribution in [2.24, 2.45) is 5.14 Å². The van der Waals surface area contributed by atoms with Crippen LogP contribution in [0.25, 0.3) is 0 Å². The zero-order chi connectivity index (χ0) is 14.0. The first-order chi connectivity index (χ1) is 8.91. The molecule has 1 unspecified atom stereocenters. The smallest absolute Gasteiger partial charge is 0.240 e. The second kappa shape index (κ2) is 5.05. The van der Waals surface area contributed by atoms with Crippen LogP contribution >= 0.6 is 0 Å². The van der Waals surface area contributed by atoms with Crippen molar-refractivity contribution in [2.45, 2.75) is 11.0 Å². The first kappa shape index (κ1) is 13.6. The second-order valence-electron chi connectivity index (χ2n) is 4.20. The third-order valence-corrected chi connectivity index (χ3v) is 3.86. The van der Waals surface area contributed by atoms with Crippen molar-refractivity contribution >= 4 is 21.4 Å². The molecule has 7 nitrogen and oxygen atoms in total. The van der Waals surface area contributed by atoms with Gasteiger partial charge in [0.15, 0.2) is 6.10 Å². The molecule has 1 fully saturated rings. The van der Waals surface area contributed by atoms with E-state index in [4.69, 9.17) is 20.9 Å². The molecule has 1 aromatic carbocycles. The highest BCUT2D eigenvalue weighted by molar-refractivity contribution is 7.89. The molecule has 1 aliphatic heterocycles. The van der Waals surface area contributed by atoms with Crippen molar-refractivity contribution in [2.75, 3.05) is 30.3 Å². The largest absolute Gasteiger partial charge is 0.398 e. The molecule has 0 amide bonds. The van der Waals surface area contributed by atoms with E-state index in [9.17, 15) is 8.42 Å². The van der Waals surface area contributed by atoms with E-state index in [0.717, 1.165) is 5.69 Å². The average Bonchev–Trinajstić information content (AvgIpc) is 2.37. The lowest BCUT2D eigenvalue weighted by Gasteiger charge is -2.31. The molecule has 1 heterocycles. The molecule has 2 rings (SSSR count). The van der Waals surface area contributed by atoms with Crippen LogP contribution in [0, 0.1) is 11.3 Å². The van der Waals surface area contributed by atoms with E-state index in [0.29, 0.717) is 19.7 Å². The predicted molar refractivity (Wildman–Crippen MR) is 69.8 cm³/mol. The number of morpholine rings is 1. The average molecular weight is 282 g/mol. The van der Waals surface area contributed by atoms with Gasteiger partial charge in [0.25, 0.3) is 0 Å².